The Kier molecular flexibility index (Phi) is 7.30. The average Bonchev–Trinajstić information content (AvgIpc) is 2.39. The Bertz CT molecular complexity index is 366. The minimum Gasteiger partial charge on any atom is -0.497 e. The third-order valence-corrected chi connectivity index (χ3v) is 2.62. The van der Waals surface area contributed by atoms with Crippen molar-refractivity contribution in [3.05, 3.63) is 23.8 Å². The Morgan fingerprint density at radius 2 is 2.00 bits per heavy atom. The molecular weight excluding hydrogens is 242 g/mol. The summed E-state index contributed by atoms with van der Waals surface area (Å²) in [4.78, 5) is 0. The number of nitrogens with two attached hydrogens (primary N) is 1. The summed E-state index contributed by atoms with van der Waals surface area (Å²) in [5.74, 6) is 2.24. The SMILES string of the molecule is COc1ccc(OCCOCC(C)C)c(CCN)c1. The second kappa shape index (κ2) is 8.77. The van der Waals surface area contributed by atoms with E-state index in [1.807, 2.05) is 18.2 Å². The van der Waals surface area contributed by atoms with E-state index < -0.39 is 0 Å². The van der Waals surface area contributed by atoms with E-state index in [9.17, 15) is 0 Å². The summed E-state index contributed by atoms with van der Waals surface area (Å²) < 4.78 is 16.4. The zero-order chi connectivity index (χ0) is 14.1. The van der Waals surface area contributed by atoms with Gasteiger partial charge in [-0.3, -0.25) is 0 Å². The summed E-state index contributed by atoms with van der Waals surface area (Å²) in [6, 6.07) is 5.79. The van der Waals surface area contributed by atoms with Crippen molar-refractivity contribution in [2.75, 3.05) is 33.5 Å². The zero-order valence-corrected chi connectivity index (χ0v) is 12.1. The van der Waals surface area contributed by atoms with Gasteiger partial charge in [0, 0.05) is 6.61 Å². The van der Waals surface area contributed by atoms with Gasteiger partial charge in [-0.15, -0.1) is 0 Å². The fourth-order valence-electron chi connectivity index (χ4n) is 1.70. The molecule has 0 amide bonds. The monoisotopic (exact) mass is 267 g/mol. The molecule has 0 unspecified atom stereocenters. The molecule has 2 N–H and O–H groups in total. The summed E-state index contributed by atoms with van der Waals surface area (Å²) in [5.41, 5.74) is 6.68. The Labute approximate surface area is 115 Å². The van der Waals surface area contributed by atoms with Gasteiger partial charge in [-0.2, -0.15) is 0 Å². The van der Waals surface area contributed by atoms with E-state index >= 15 is 0 Å². The van der Waals surface area contributed by atoms with Crippen LogP contribution in [0.3, 0.4) is 0 Å². The minimum absolute atomic E-state index is 0.550. The van der Waals surface area contributed by atoms with Crippen LogP contribution in [0, 0.1) is 5.92 Å². The van der Waals surface area contributed by atoms with Crippen molar-refractivity contribution in [3.63, 3.8) is 0 Å². The molecule has 0 heterocycles. The van der Waals surface area contributed by atoms with Gasteiger partial charge in [-0.05, 0) is 42.6 Å². The highest BCUT2D eigenvalue weighted by atomic mass is 16.5. The fraction of sp³-hybridized carbons (Fsp3) is 0.600. The summed E-state index contributed by atoms with van der Waals surface area (Å²) in [7, 11) is 1.65. The Morgan fingerprint density at radius 3 is 2.63 bits per heavy atom. The topological polar surface area (TPSA) is 53.7 Å². The molecule has 0 atom stereocenters. The van der Waals surface area contributed by atoms with Gasteiger partial charge in [-0.1, -0.05) is 13.8 Å². The molecule has 0 aliphatic rings. The molecule has 1 rings (SSSR count). The molecule has 1 aromatic carbocycles. The van der Waals surface area contributed by atoms with Crippen molar-refractivity contribution in [2.24, 2.45) is 11.7 Å². The average molecular weight is 267 g/mol. The molecule has 0 spiro atoms. The smallest absolute Gasteiger partial charge is 0.122 e. The van der Waals surface area contributed by atoms with E-state index in [0.29, 0.717) is 25.7 Å². The van der Waals surface area contributed by atoms with E-state index in [0.717, 1.165) is 30.1 Å². The minimum atomic E-state index is 0.550. The maximum absolute atomic E-state index is 5.73. The standard InChI is InChI=1S/C15H25NO3/c1-12(2)11-18-8-9-19-15-5-4-14(17-3)10-13(15)6-7-16/h4-5,10,12H,6-9,11,16H2,1-3H3. The highest BCUT2D eigenvalue weighted by Crippen LogP contribution is 2.24. The van der Waals surface area contributed by atoms with Crippen molar-refractivity contribution in [1.29, 1.82) is 0 Å². The summed E-state index contributed by atoms with van der Waals surface area (Å²) in [6.45, 7) is 6.77. The third kappa shape index (κ3) is 5.94. The number of hydrogen-bond donors (Lipinski definition) is 1. The van der Waals surface area contributed by atoms with Crippen LogP contribution in [0.5, 0.6) is 11.5 Å². The first-order valence-electron chi connectivity index (χ1n) is 6.75. The van der Waals surface area contributed by atoms with Crippen LogP contribution in [0.25, 0.3) is 0 Å². The van der Waals surface area contributed by atoms with Gasteiger partial charge in [0.15, 0.2) is 0 Å². The molecule has 0 aromatic heterocycles. The van der Waals surface area contributed by atoms with Crippen molar-refractivity contribution in [3.8, 4) is 11.5 Å². The normalized spacial score (nSPS) is 10.8. The Hall–Kier alpha value is -1.26. The molecular formula is C15H25NO3. The van der Waals surface area contributed by atoms with Gasteiger partial charge in [0.1, 0.15) is 18.1 Å². The first-order valence-corrected chi connectivity index (χ1v) is 6.75. The van der Waals surface area contributed by atoms with Crippen LogP contribution in [0.1, 0.15) is 19.4 Å². The predicted octanol–water partition coefficient (Wildman–Crippen LogP) is 2.25. The lowest BCUT2D eigenvalue weighted by atomic mass is 10.1. The molecule has 4 heteroatoms. The van der Waals surface area contributed by atoms with Crippen LogP contribution in [-0.4, -0.2) is 33.5 Å². The maximum Gasteiger partial charge on any atom is 0.122 e. The van der Waals surface area contributed by atoms with Crippen LogP contribution >= 0.6 is 0 Å². The summed E-state index contributed by atoms with van der Waals surface area (Å²) >= 11 is 0. The molecule has 0 fully saturated rings. The van der Waals surface area contributed by atoms with E-state index in [1.54, 1.807) is 7.11 Å². The van der Waals surface area contributed by atoms with Crippen molar-refractivity contribution in [2.45, 2.75) is 20.3 Å². The van der Waals surface area contributed by atoms with Gasteiger partial charge >= 0.3 is 0 Å². The highest BCUT2D eigenvalue weighted by Gasteiger charge is 2.05. The summed E-state index contributed by atoms with van der Waals surface area (Å²) in [5, 5.41) is 0. The molecule has 0 saturated carbocycles. The number of ether oxygens (including phenoxy) is 3. The van der Waals surface area contributed by atoms with Crippen LogP contribution in [-0.2, 0) is 11.2 Å². The number of rotatable bonds is 9. The van der Waals surface area contributed by atoms with Crippen molar-refractivity contribution in [1.82, 2.24) is 0 Å². The van der Waals surface area contributed by atoms with Gasteiger partial charge in [0.2, 0.25) is 0 Å². The first kappa shape index (κ1) is 15.8. The van der Waals surface area contributed by atoms with E-state index in [1.165, 1.54) is 0 Å². The van der Waals surface area contributed by atoms with Gasteiger partial charge in [0.25, 0.3) is 0 Å². The molecule has 1 aromatic rings. The lowest BCUT2D eigenvalue weighted by Crippen LogP contribution is -2.12. The van der Waals surface area contributed by atoms with E-state index in [-0.39, 0.29) is 0 Å². The van der Waals surface area contributed by atoms with Crippen molar-refractivity contribution >= 4 is 0 Å². The van der Waals surface area contributed by atoms with Gasteiger partial charge in [-0.25, -0.2) is 0 Å². The third-order valence-electron chi connectivity index (χ3n) is 2.62. The van der Waals surface area contributed by atoms with Crippen molar-refractivity contribution < 1.29 is 14.2 Å². The molecule has 0 radical (unpaired) electrons. The quantitative estimate of drug-likeness (QED) is 0.697. The molecule has 0 bridgehead atoms. The molecule has 0 aliphatic carbocycles. The van der Waals surface area contributed by atoms with Crippen LogP contribution in [0.15, 0.2) is 18.2 Å². The van der Waals surface area contributed by atoms with E-state index in [4.69, 9.17) is 19.9 Å². The number of benzene rings is 1. The maximum atomic E-state index is 5.73. The second-order valence-electron chi connectivity index (χ2n) is 4.83. The molecule has 0 saturated heterocycles. The molecule has 4 nitrogen and oxygen atoms in total. The summed E-state index contributed by atoms with van der Waals surface area (Å²) in [6.07, 6.45) is 0.777. The van der Waals surface area contributed by atoms with Gasteiger partial charge in [0.05, 0.1) is 13.7 Å². The van der Waals surface area contributed by atoms with Crippen LogP contribution in [0.2, 0.25) is 0 Å². The number of methoxy groups -OCH3 is 1. The molecule has 19 heavy (non-hydrogen) atoms. The van der Waals surface area contributed by atoms with Gasteiger partial charge < -0.3 is 19.9 Å². The van der Waals surface area contributed by atoms with Crippen LogP contribution < -0.4 is 15.2 Å². The Balaban J connectivity index is 2.47. The lowest BCUT2D eigenvalue weighted by molar-refractivity contribution is 0.0816. The molecule has 0 aliphatic heterocycles. The Morgan fingerprint density at radius 1 is 1.21 bits per heavy atom. The van der Waals surface area contributed by atoms with Crippen LogP contribution in [0.4, 0.5) is 0 Å². The second-order valence-corrected chi connectivity index (χ2v) is 4.83. The fourth-order valence-corrected chi connectivity index (χ4v) is 1.70. The van der Waals surface area contributed by atoms with E-state index in [2.05, 4.69) is 13.8 Å². The first-order chi connectivity index (χ1) is 9.17. The predicted molar refractivity (Wildman–Crippen MR) is 76.9 cm³/mol. The highest BCUT2D eigenvalue weighted by molar-refractivity contribution is 5.40. The lowest BCUT2D eigenvalue weighted by Gasteiger charge is -2.13. The zero-order valence-electron chi connectivity index (χ0n) is 12.1. The number of hydrogen-bond acceptors (Lipinski definition) is 4. The largest absolute Gasteiger partial charge is 0.497 e. The molecule has 108 valence electrons.